The van der Waals surface area contributed by atoms with E-state index < -0.39 is 0 Å². The molecule has 0 aromatic carbocycles. The number of anilines is 1. The largest absolute Gasteiger partial charge is 0.384 e. The van der Waals surface area contributed by atoms with Gasteiger partial charge in [0.15, 0.2) is 0 Å². The lowest BCUT2D eigenvalue weighted by atomic mass is 10.2. The first-order chi connectivity index (χ1) is 8.50. The Balaban J connectivity index is 2.25. The molecule has 1 aromatic heterocycles. The van der Waals surface area contributed by atoms with Gasteiger partial charge in [-0.15, -0.1) is 0 Å². The maximum absolute atomic E-state index is 7.49. The quantitative estimate of drug-likeness (QED) is 0.637. The van der Waals surface area contributed by atoms with Crippen LogP contribution >= 0.6 is 11.6 Å². The summed E-state index contributed by atoms with van der Waals surface area (Å²) in [5.41, 5.74) is 6.05. The highest BCUT2D eigenvalue weighted by Crippen LogP contribution is 2.29. The minimum atomic E-state index is -0.0213. The van der Waals surface area contributed by atoms with Crippen molar-refractivity contribution in [3.63, 3.8) is 0 Å². The monoisotopic (exact) mass is 267 g/mol. The minimum absolute atomic E-state index is 0.0213. The Labute approximate surface area is 112 Å². The summed E-state index contributed by atoms with van der Waals surface area (Å²) in [6.45, 7) is 1.83. The summed E-state index contributed by atoms with van der Waals surface area (Å²) >= 11 is 6.27. The molecule has 0 saturated carbocycles. The first-order valence-corrected chi connectivity index (χ1v) is 6.28. The van der Waals surface area contributed by atoms with Gasteiger partial charge in [-0.3, -0.25) is 5.41 Å². The summed E-state index contributed by atoms with van der Waals surface area (Å²) < 4.78 is 0. The van der Waals surface area contributed by atoms with Gasteiger partial charge in [0.2, 0.25) is 0 Å². The Morgan fingerprint density at radius 2 is 2.33 bits per heavy atom. The number of nitrogen functional groups attached to an aromatic ring is 1. The fraction of sp³-hybridized carbons (Fsp3) is 0.500. The van der Waals surface area contributed by atoms with Gasteiger partial charge < -0.3 is 15.5 Å². The molecule has 0 aliphatic carbocycles. The predicted molar refractivity (Wildman–Crippen MR) is 74.6 cm³/mol. The molecule has 0 radical (unpaired) electrons. The van der Waals surface area contributed by atoms with Crippen molar-refractivity contribution in [2.24, 2.45) is 5.73 Å². The number of hydrogen-bond donors (Lipinski definition) is 2. The van der Waals surface area contributed by atoms with Crippen LogP contribution < -0.4 is 10.6 Å². The molecular formula is C12H18ClN5. The summed E-state index contributed by atoms with van der Waals surface area (Å²) in [4.78, 5) is 8.68. The Hall–Kier alpha value is -1.33. The molecule has 0 spiro atoms. The zero-order chi connectivity index (χ0) is 13.3. The second kappa shape index (κ2) is 5.12. The minimum Gasteiger partial charge on any atom is -0.384 e. The highest BCUT2D eigenvalue weighted by atomic mass is 35.5. The molecule has 1 unspecified atom stereocenters. The van der Waals surface area contributed by atoms with E-state index in [0.717, 1.165) is 25.3 Å². The number of amidine groups is 1. The van der Waals surface area contributed by atoms with Gasteiger partial charge in [-0.05, 0) is 26.6 Å². The predicted octanol–water partition coefficient (Wildman–Crippen LogP) is 1.16. The van der Waals surface area contributed by atoms with Crippen molar-refractivity contribution < 1.29 is 0 Å². The lowest BCUT2D eigenvalue weighted by Gasteiger charge is -2.22. The van der Waals surface area contributed by atoms with Gasteiger partial charge in [0.25, 0.3) is 0 Å². The SMILES string of the molecule is CN(C)C1CCN(c2nccc(C(=N)N)c2Cl)C1. The van der Waals surface area contributed by atoms with Gasteiger partial charge in [-0.2, -0.15) is 0 Å². The van der Waals surface area contributed by atoms with Crippen LogP contribution in [0, 0.1) is 5.41 Å². The summed E-state index contributed by atoms with van der Waals surface area (Å²) in [6.07, 6.45) is 2.75. The summed E-state index contributed by atoms with van der Waals surface area (Å²) in [7, 11) is 4.16. The number of likely N-dealkylation sites (N-methyl/N-ethyl adjacent to an activating group) is 1. The molecule has 5 nitrogen and oxygen atoms in total. The summed E-state index contributed by atoms with van der Waals surface area (Å²) in [5.74, 6) is 0.709. The second-order valence-corrected chi connectivity index (χ2v) is 5.14. The number of rotatable bonds is 3. The molecule has 1 saturated heterocycles. The van der Waals surface area contributed by atoms with E-state index in [-0.39, 0.29) is 5.84 Å². The highest BCUT2D eigenvalue weighted by molar-refractivity contribution is 6.36. The number of hydrogen-bond acceptors (Lipinski definition) is 4. The van der Waals surface area contributed by atoms with Crippen LogP contribution in [0.25, 0.3) is 0 Å². The van der Waals surface area contributed by atoms with Gasteiger partial charge in [0.1, 0.15) is 11.7 Å². The van der Waals surface area contributed by atoms with Gasteiger partial charge in [0, 0.05) is 30.9 Å². The van der Waals surface area contributed by atoms with Crippen LogP contribution in [0.3, 0.4) is 0 Å². The Kier molecular flexibility index (Phi) is 3.73. The number of nitrogens with two attached hydrogens (primary N) is 1. The first kappa shape index (κ1) is 13.1. The topological polar surface area (TPSA) is 69.2 Å². The van der Waals surface area contributed by atoms with Crippen LogP contribution in [0.1, 0.15) is 12.0 Å². The summed E-state index contributed by atoms with van der Waals surface area (Å²) in [5, 5.41) is 7.97. The average Bonchev–Trinajstić information content (AvgIpc) is 2.78. The molecule has 2 heterocycles. The van der Waals surface area contributed by atoms with Gasteiger partial charge in [-0.25, -0.2) is 4.98 Å². The maximum atomic E-state index is 7.49. The van der Waals surface area contributed by atoms with E-state index in [0.29, 0.717) is 16.6 Å². The van der Waals surface area contributed by atoms with E-state index in [1.165, 1.54) is 0 Å². The number of nitrogens with zero attached hydrogens (tertiary/aromatic N) is 3. The molecule has 6 heteroatoms. The number of halogens is 1. The fourth-order valence-corrected chi connectivity index (χ4v) is 2.55. The molecule has 0 bridgehead atoms. The van der Waals surface area contributed by atoms with Crippen LogP contribution in [0.5, 0.6) is 0 Å². The van der Waals surface area contributed by atoms with E-state index in [1.54, 1.807) is 12.3 Å². The van der Waals surface area contributed by atoms with Crippen molar-refractivity contribution in [2.75, 3.05) is 32.1 Å². The van der Waals surface area contributed by atoms with Gasteiger partial charge >= 0.3 is 0 Å². The third-order valence-electron chi connectivity index (χ3n) is 3.35. The second-order valence-electron chi connectivity index (χ2n) is 4.76. The molecule has 1 aromatic rings. The molecule has 1 aliphatic heterocycles. The Morgan fingerprint density at radius 1 is 1.61 bits per heavy atom. The van der Waals surface area contributed by atoms with Crippen molar-refractivity contribution in [3.05, 3.63) is 22.8 Å². The normalized spacial score (nSPS) is 19.6. The van der Waals surface area contributed by atoms with Crippen molar-refractivity contribution in [2.45, 2.75) is 12.5 Å². The average molecular weight is 268 g/mol. The lowest BCUT2D eigenvalue weighted by Crippen LogP contribution is -2.32. The molecule has 1 atom stereocenters. The van der Waals surface area contributed by atoms with Crippen molar-refractivity contribution >= 4 is 23.3 Å². The molecule has 0 amide bonds. The first-order valence-electron chi connectivity index (χ1n) is 5.91. The van der Waals surface area contributed by atoms with Crippen molar-refractivity contribution in [1.82, 2.24) is 9.88 Å². The molecule has 1 fully saturated rings. The molecule has 18 heavy (non-hydrogen) atoms. The molecule has 98 valence electrons. The van der Waals surface area contributed by atoms with E-state index in [1.807, 2.05) is 0 Å². The zero-order valence-electron chi connectivity index (χ0n) is 10.7. The van der Waals surface area contributed by atoms with Crippen LogP contribution in [-0.2, 0) is 0 Å². The number of pyridine rings is 1. The van der Waals surface area contributed by atoms with E-state index in [2.05, 4.69) is 28.9 Å². The van der Waals surface area contributed by atoms with Gasteiger partial charge in [0.05, 0.1) is 5.02 Å². The summed E-state index contributed by atoms with van der Waals surface area (Å²) in [6, 6.07) is 2.19. The molecule has 3 N–H and O–H groups in total. The molecular weight excluding hydrogens is 250 g/mol. The number of nitrogens with one attached hydrogen (secondary N) is 1. The van der Waals surface area contributed by atoms with Crippen LogP contribution in [0.15, 0.2) is 12.3 Å². The van der Waals surface area contributed by atoms with E-state index in [4.69, 9.17) is 22.7 Å². The molecule has 1 aliphatic rings. The Morgan fingerprint density at radius 3 is 2.89 bits per heavy atom. The van der Waals surface area contributed by atoms with Crippen LogP contribution in [0.4, 0.5) is 5.82 Å². The maximum Gasteiger partial charge on any atom is 0.148 e. The molecule has 2 rings (SSSR count). The van der Waals surface area contributed by atoms with Crippen LogP contribution in [-0.4, -0.2) is 48.9 Å². The fourth-order valence-electron chi connectivity index (χ4n) is 2.22. The van der Waals surface area contributed by atoms with Crippen molar-refractivity contribution in [3.8, 4) is 0 Å². The van der Waals surface area contributed by atoms with Crippen molar-refractivity contribution in [1.29, 1.82) is 5.41 Å². The highest BCUT2D eigenvalue weighted by Gasteiger charge is 2.27. The third-order valence-corrected chi connectivity index (χ3v) is 3.73. The number of aromatic nitrogens is 1. The lowest BCUT2D eigenvalue weighted by molar-refractivity contribution is 0.315. The van der Waals surface area contributed by atoms with Gasteiger partial charge in [-0.1, -0.05) is 11.6 Å². The van der Waals surface area contributed by atoms with E-state index >= 15 is 0 Å². The standard InChI is InChI=1S/C12H18ClN5/c1-17(2)8-4-6-18(7-8)12-10(13)9(11(14)15)3-5-16-12/h3,5,8H,4,6-7H2,1-2H3,(H3,14,15). The smallest absolute Gasteiger partial charge is 0.148 e. The third kappa shape index (κ3) is 2.42. The zero-order valence-corrected chi connectivity index (χ0v) is 11.4. The van der Waals surface area contributed by atoms with Crippen LogP contribution in [0.2, 0.25) is 5.02 Å². The Bertz CT molecular complexity index is 460. The van der Waals surface area contributed by atoms with E-state index in [9.17, 15) is 0 Å².